The third-order valence-electron chi connectivity index (χ3n) is 13.3. The molecule has 0 saturated carbocycles. The molecule has 5 heteroatoms. The average Bonchev–Trinajstić information content (AvgIpc) is 4.10. The summed E-state index contributed by atoms with van der Waals surface area (Å²) in [4.78, 5) is 5.74. The normalized spacial score (nSPS) is 12.1. The zero-order chi connectivity index (χ0) is 41.9. The summed E-state index contributed by atoms with van der Waals surface area (Å²) in [5.74, 6) is 1.71. The largest absolute Gasteiger partial charge is 0.309 e. The van der Waals surface area contributed by atoms with Crippen molar-refractivity contribution in [2.24, 2.45) is 0 Å². The highest BCUT2D eigenvalue weighted by atomic mass is 32.1. The van der Waals surface area contributed by atoms with Crippen molar-refractivity contribution in [2.45, 2.75) is 0 Å². The Bertz CT molecular complexity index is 3920. The van der Waals surface area contributed by atoms with Crippen LogP contribution in [0.3, 0.4) is 0 Å². The topological polar surface area (TPSA) is 27.7 Å². The Kier molecular flexibility index (Phi) is 7.53. The van der Waals surface area contributed by atoms with E-state index in [1.165, 1.54) is 74.6 Å². The lowest BCUT2D eigenvalue weighted by molar-refractivity contribution is 1.01. The molecule has 0 atom stereocenters. The third kappa shape index (κ3) is 5.01. The molecule has 0 amide bonds. The number of rotatable bonds is 5. The first-order valence-electron chi connectivity index (χ1n) is 21.8. The van der Waals surface area contributed by atoms with Gasteiger partial charge in [0.2, 0.25) is 0 Å². The predicted octanol–water partition coefficient (Wildman–Crippen LogP) is 16.1. The van der Waals surface area contributed by atoms with E-state index < -0.39 is 0 Å². The molecule has 4 nitrogen and oxygen atoms in total. The van der Waals surface area contributed by atoms with E-state index in [2.05, 4.69) is 232 Å². The fraction of sp³-hybridized carbons (Fsp3) is 0. The van der Waals surface area contributed by atoms with Crippen LogP contribution in [0.1, 0.15) is 0 Å². The number of nitrogens with zero attached hydrogens (tertiary/aromatic N) is 4. The van der Waals surface area contributed by atoms with Gasteiger partial charge in [-0.25, -0.2) is 4.98 Å². The molecule has 0 aliphatic rings. The number of benzene rings is 9. The first-order chi connectivity index (χ1) is 31.8. The molecule has 0 N–H and O–H groups in total. The number of fused-ring (bicyclic) bond motifs is 12. The van der Waals surface area contributed by atoms with Crippen molar-refractivity contribution in [3.8, 4) is 39.6 Å². The maximum absolute atomic E-state index is 5.74. The quantitative estimate of drug-likeness (QED) is 0.170. The highest BCUT2D eigenvalue weighted by Gasteiger charge is 2.24. The smallest absolute Gasteiger partial charge is 0.140 e. The number of hydrogen-bond acceptors (Lipinski definition) is 2. The molecule has 0 radical (unpaired) electrons. The first kappa shape index (κ1) is 35.4. The first-order valence-corrected chi connectivity index (χ1v) is 22.6. The second-order valence-corrected chi connectivity index (χ2v) is 17.7. The van der Waals surface area contributed by atoms with Gasteiger partial charge < -0.3 is 4.57 Å². The Hall–Kier alpha value is -8.25. The maximum atomic E-state index is 5.74. The van der Waals surface area contributed by atoms with Gasteiger partial charge in [-0.3, -0.25) is 9.13 Å². The van der Waals surface area contributed by atoms with E-state index in [-0.39, 0.29) is 0 Å². The molecule has 0 aliphatic heterocycles. The van der Waals surface area contributed by atoms with Crippen LogP contribution >= 0.6 is 11.3 Å². The Morgan fingerprint density at radius 2 is 0.688 bits per heavy atom. The van der Waals surface area contributed by atoms with Gasteiger partial charge in [0.15, 0.2) is 0 Å². The van der Waals surface area contributed by atoms with E-state index in [0.717, 1.165) is 50.5 Å². The molecule has 0 spiro atoms. The summed E-state index contributed by atoms with van der Waals surface area (Å²) >= 11 is 1.86. The van der Waals surface area contributed by atoms with Crippen molar-refractivity contribution < 1.29 is 0 Å². The van der Waals surface area contributed by atoms with Crippen molar-refractivity contribution in [3.05, 3.63) is 218 Å². The molecule has 5 heterocycles. The summed E-state index contributed by atoms with van der Waals surface area (Å²) in [5, 5.41) is 9.81. The second kappa shape index (κ2) is 13.6. The molecular weight excluding hydrogens is 797 g/mol. The van der Waals surface area contributed by atoms with Crippen molar-refractivity contribution in [2.75, 3.05) is 0 Å². The summed E-state index contributed by atoms with van der Waals surface area (Å²) < 4.78 is 9.77. The van der Waals surface area contributed by atoms with Crippen LogP contribution in [0, 0.1) is 0 Å². The molecule has 14 rings (SSSR count). The molecule has 5 aromatic heterocycles. The van der Waals surface area contributed by atoms with Gasteiger partial charge in [-0.15, -0.1) is 11.3 Å². The van der Waals surface area contributed by atoms with Crippen molar-refractivity contribution in [1.29, 1.82) is 0 Å². The maximum Gasteiger partial charge on any atom is 0.140 e. The SMILES string of the molecule is c1cc(-c2cccc3sc4ccccc4c23)c(-c2cc(-n3c4ccccc4c4ccccc43)nc(-n3c4ccccc4c4ccccc43)c2)c(-n2c3ccccc3c3ccccc32)c1. The number of hydrogen-bond donors (Lipinski definition) is 0. The molecule has 0 saturated heterocycles. The lowest BCUT2D eigenvalue weighted by Gasteiger charge is -2.21. The zero-order valence-electron chi connectivity index (χ0n) is 34.5. The summed E-state index contributed by atoms with van der Waals surface area (Å²) in [6.07, 6.45) is 0. The summed E-state index contributed by atoms with van der Waals surface area (Å²) in [6.45, 7) is 0. The second-order valence-electron chi connectivity index (χ2n) is 16.7. The van der Waals surface area contributed by atoms with Crippen LogP contribution in [-0.4, -0.2) is 18.7 Å². The number of thiophene rings is 1. The van der Waals surface area contributed by atoms with Gasteiger partial charge in [0.05, 0.1) is 38.8 Å². The van der Waals surface area contributed by atoms with Gasteiger partial charge in [-0.2, -0.15) is 0 Å². The van der Waals surface area contributed by atoms with E-state index >= 15 is 0 Å². The van der Waals surface area contributed by atoms with Crippen molar-refractivity contribution in [1.82, 2.24) is 18.7 Å². The third-order valence-corrected chi connectivity index (χ3v) is 14.4. The molecule has 64 heavy (non-hydrogen) atoms. The molecular formula is C59H36N4S. The van der Waals surface area contributed by atoms with Crippen LogP contribution in [0.2, 0.25) is 0 Å². The summed E-state index contributed by atoms with van der Waals surface area (Å²) in [5.41, 5.74) is 12.5. The molecule has 0 bridgehead atoms. The van der Waals surface area contributed by atoms with Crippen molar-refractivity contribution >= 4 is 96.9 Å². The van der Waals surface area contributed by atoms with Gasteiger partial charge >= 0.3 is 0 Å². The highest BCUT2D eigenvalue weighted by Crippen LogP contribution is 2.47. The van der Waals surface area contributed by atoms with Gasteiger partial charge in [0, 0.05) is 58.1 Å². The van der Waals surface area contributed by atoms with Crippen LogP contribution in [0.25, 0.3) is 125 Å². The molecule has 0 unspecified atom stereocenters. The van der Waals surface area contributed by atoms with Crippen molar-refractivity contribution in [3.63, 3.8) is 0 Å². The Labute approximate surface area is 371 Å². The van der Waals surface area contributed by atoms with Gasteiger partial charge in [-0.1, -0.05) is 152 Å². The molecule has 0 aliphatic carbocycles. The molecule has 14 aromatic rings. The number of para-hydroxylation sites is 6. The Morgan fingerprint density at radius 3 is 1.17 bits per heavy atom. The lowest BCUT2D eigenvalue weighted by atomic mass is 9.90. The van der Waals surface area contributed by atoms with E-state index in [4.69, 9.17) is 4.98 Å². The average molecular weight is 833 g/mol. The highest BCUT2D eigenvalue weighted by molar-refractivity contribution is 7.25. The fourth-order valence-corrected chi connectivity index (χ4v) is 11.8. The predicted molar refractivity (Wildman–Crippen MR) is 271 cm³/mol. The summed E-state index contributed by atoms with van der Waals surface area (Å²) in [7, 11) is 0. The molecule has 0 fully saturated rings. The minimum absolute atomic E-state index is 0.855. The lowest BCUT2D eigenvalue weighted by Crippen LogP contribution is -2.06. The molecule has 298 valence electrons. The fourth-order valence-electron chi connectivity index (χ4n) is 10.6. The zero-order valence-corrected chi connectivity index (χ0v) is 35.3. The molecule has 9 aromatic carbocycles. The minimum atomic E-state index is 0.855. The number of pyridine rings is 1. The Balaban J connectivity index is 1.18. The van der Waals surface area contributed by atoms with Crippen LogP contribution in [0.5, 0.6) is 0 Å². The minimum Gasteiger partial charge on any atom is -0.309 e. The van der Waals surface area contributed by atoms with Crippen LogP contribution < -0.4 is 0 Å². The summed E-state index contributed by atoms with van der Waals surface area (Å²) in [6, 6.07) is 79.8. The Morgan fingerprint density at radius 1 is 0.312 bits per heavy atom. The standard InChI is InChI=1S/C59H36N4S/c1-8-26-47-38(17-1)39-18-2-9-27-48(39)61(47)53-32-15-24-44(45-25-16-34-55-59(45)46-23-7-14-33-54(46)64-55)58(53)37-35-56(62-49-28-10-3-19-40(49)41-20-4-11-29-50(41)62)60-57(36-37)63-51-30-12-5-21-42(51)43-22-6-13-31-52(43)63/h1-36H. The van der Waals surface area contributed by atoms with Gasteiger partial charge in [0.1, 0.15) is 11.6 Å². The van der Waals surface area contributed by atoms with Crippen LogP contribution in [0.15, 0.2) is 218 Å². The monoisotopic (exact) mass is 832 g/mol. The van der Waals surface area contributed by atoms with Crippen LogP contribution in [0.4, 0.5) is 0 Å². The number of aromatic nitrogens is 4. The van der Waals surface area contributed by atoms with Crippen LogP contribution in [-0.2, 0) is 0 Å². The van der Waals surface area contributed by atoms with Gasteiger partial charge in [0.25, 0.3) is 0 Å². The van der Waals surface area contributed by atoms with E-state index in [1.807, 2.05) is 11.3 Å². The van der Waals surface area contributed by atoms with E-state index in [0.29, 0.717) is 0 Å². The van der Waals surface area contributed by atoms with E-state index in [9.17, 15) is 0 Å². The van der Waals surface area contributed by atoms with Gasteiger partial charge in [-0.05, 0) is 83.4 Å². The van der Waals surface area contributed by atoms with E-state index in [1.54, 1.807) is 0 Å².